The minimum atomic E-state index is -0.0463. The Bertz CT molecular complexity index is 251. The zero-order valence-corrected chi connectivity index (χ0v) is 6.26. The molecule has 0 N–H and O–H groups in total. The highest BCUT2D eigenvalue weighted by molar-refractivity contribution is 5.31. The van der Waals surface area contributed by atoms with Crippen molar-refractivity contribution in [1.29, 1.82) is 15.8 Å². The van der Waals surface area contributed by atoms with Crippen LogP contribution in [0, 0.1) is 34.0 Å². The molecule has 3 nitrogen and oxygen atoms in total. The van der Waals surface area contributed by atoms with E-state index in [1.54, 1.807) is 19.1 Å². The average molecular weight is 145 g/mol. The van der Waals surface area contributed by atoms with Crippen LogP contribution in [0.15, 0.2) is 24.3 Å². The van der Waals surface area contributed by atoms with E-state index in [1.807, 2.05) is 6.07 Å². The number of allylic oxidation sites excluding steroid dienone is 2. The Labute approximate surface area is 66.1 Å². The van der Waals surface area contributed by atoms with E-state index < -0.39 is 0 Å². The topological polar surface area (TPSA) is 71.4 Å². The van der Waals surface area contributed by atoms with Gasteiger partial charge in [-0.1, -0.05) is 13.2 Å². The van der Waals surface area contributed by atoms with Crippen molar-refractivity contribution in [3.8, 4) is 18.2 Å². The third-order valence-electron chi connectivity index (χ3n) is 0.461. The molecule has 0 spiro atoms. The first kappa shape index (κ1) is 11.7. The van der Waals surface area contributed by atoms with Crippen LogP contribution in [0.3, 0.4) is 0 Å². The fourth-order valence-electron chi connectivity index (χ4n) is 0.0250. The molecule has 0 saturated carbocycles. The summed E-state index contributed by atoms with van der Waals surface area (Å²) in [5, 5.41) is 23.3. The smallest absolute Gasteiger partial charge is 0.122 e. The standard InChI is InChI=1S/C4H2N2.C4H5N/c1-4(2-5)3-6;1-4(2)3-5/h1H2;1H2,2H3. The van der Waals surface area contributed by atoms with E-state index in [4.69, 9.17) is 15.8 Å². The van der Waals surface area contributed by atoms with Gasteiger partial charge in [0, 0.05) is 5.57 Å². The molecule has 0 amide bonds. The zero-order valence-electron chi connectivity index (χ0n) is 6.26. The fraction of sp³-hybridized carbons (Fsp3) is 0.125. The maximum atomic E-state index is 7.79. The van der Waals surface area contributed by atoms with E-state index in [9.17, 15) is 0 Å². The van der Waals surface area contributed by atoms with Crippen LogP contribution in [-0.2, 0) is 0 Å². The highest BCUT2D eigenvalue weighted by Crippen LogP contribution is 1.76. The Morgan fingerprint density at radius 2 is 1.27 bits per heavy atom. The second-order valence-electron chi connectivity index (χ2n) is 1.59. The van der Waals surface area contributed by atoms with Crippen molar-refractivity contribution in [1.82, 2.24) is 0 Å². The molecule has 0 aliphatic rings. The summed E-state index contributed by atoms with van der Waals surface area (Å²) in [4.78, 5) is 0. The van der Waals surface area contributed by atoms with Crippen LogP contribution in [-0.4, -0.2) is 0 Å². The number of hydrogen-bond acceptors (Lipinski definition) is 3. The van der Waals surface area contributed by atoms with Crippen LogP contribution in [0.2, 0.25) is 0 Å². The summed E-state index contributed by atoms with van der Waals surface area (Å²) in [6.07, 6.45) is 0. The number of nitrogens with zero attached hydrogens (tertiary/aromatic N) is 3. The summed E-state index contributed by atoms with van der Waals surface area (Å²) in [6.45, 7) is 8.05. The van der Waals surface area contributed by atoms with Gasteiger partial charge in [0.05, 0.1) is 6.07 Å². The van der Waals surface area contributed by atoms with E-state index in [0.717, 1.165) is 0 Å². The van der Waals surface area contributed by atoms with Gasteiger partial charge >= 0.3 is 0 Å². The summed E-state index contributed by atoms with van der Waals surface area (Å²) in [5.74, 6) is 0. The Hall–Kier alpha value is -2.05. The van der Waals surface area contributed by atoms with Gasteiger partial charge < -0.3 is 0 Å². The number of rotatable bonds is 0. The average Bonchev–Trinajstić information content (AvgIpc) is 2.04. The molecule has 0 fully saturated rings. The first-order chi connectivity index (χ1) is 5.08. The first-order valence-electron chi connectivity index (χ1n) is 2.63. The fourth-order valence-corrected chi connectivity index (χ4v) is 0.0250. The molecule has 0 aromatic rings. The van der Waals surface area contributed by atoms with E-state index in [1.165, 1.54) is 0 Å². The molecule has 11 heavy (non-hydrogen) atoms. The maximum Gasteiger partial charge on any atom is 0.122 e. The lowest BCUT2D eigenvalue weighted by Gasteiger charge is -1.61. The molecule has 0 aromatic carbocycles. The molecule has 0 aliphatic heterocycles. The van der Waals surface area contributed by atoms with Crippen molar-refractivity contribution < 1.29 is 0 Å². The monoisotopic (exact) mass is 145 g/mol. The Kier molecular flexibility index (Phi) is 8.46. The quantitative estimate of drug-likeness (QED) is 0.487. The second kappa shape index (κ2) is 7.95. The summed E-state index contributed by atoms with van der Waals surface area (Å²) in [7, 11) is 0. The van der Waals surface area contributed by atoms with Crippen molar-refractivity contribution in [2.24, 2.45) is 0 Å². The molecular weight excluding hydrogens is 138 g/mol. The van der Waals surface area contributed by atoms with Crippen molar-refractivity contribution >= 4 is 0 Å². The first-order valence-corrected chi connectivity index (χ1v) is 2.63. The van der Waals surface area contributed by atoms with E-state index in [-0.39, 0.29) is 5.57 Å². The summed E-state index contributed by atoms with van der Waals surface area (Å²) < 4.78 is 0. The van der Waals surface area contributed by atoms with Crippen molar-refractivity contribution in [3.05, 3.63) is 24.3 Å². The van der Waals surface area contributed by atoms with Gasteiger partial charge in [-0.2, -0.15) is 15.8 Å². The number of hydrogen-bond donors (Lipinski definition) is 0. The summed E-state index contributed by atoms with van der Waals surface area (Å²) in [5.41, 5.74) is 0.514. The van der Waals surface area contributed by atoms with Crippen LogP contribution in [0.1, 0.15) is 6.92 Å². The van der Waals surface area contributed by atoms with Gasteiger partial charge in [-0.25, -0.2) is 0 Å². The molecule has 0 aromatic heterocycles. The van der Waals surface area contributed by atoms with E-state index >= 15 is 0 Å². The van der Waals surface area contributed by atoms with E-state index in [0.29, 0.717) is 5.57 Å². The van der Waals surface area contributed by atoms with Gasteiger partial charge in [-0.05, 0) is 6.92 Å². The summed E-state index contributed by atoms with van der Waals surface area (Å²) >= 11 is 0. The van der Waals surface area contributed by atoms with Gasteiger partial charge in [0.15, 0.2) is 0 Å². The van der Waals surface area contributed by atoms with E-state index in [2.05, 4.69) is 13.2 Å². The Morgan fingerprint density at radius 1 is 1.00 bits per heavy atom. The van der Waals surface area contributed by atoms with Crippen LogP contribution in [0.25, 0.3) is 0 Å². The Morgan fingerprint density at radius 3 is 1.27 bits per heavy atom. The van der Waals surface area contributed by atoms with Crippen LogP contribution in [0.5, 0.6) is 0 Å². The van der Waals surface area contributed by atoms with Crippen LogP contribution in [0.4, 0.5) is 0 Å². The molecule has 3 heteroatoms. The second-order valence-corrected chi connectivity index (χ2v) is 1.59. The highest BCUT2D eigenvalue weighted by atomic mass is 14.3. The van der Waals surface area contributed by atoms with Gasteiger partial charge in [-0.15, -0.1) is 0 Å². The largest absolute Gasteiger partial charge is 0.193 e. The lowest BCUT2D eigenvalue weighted by atomic mass is 10.4. The molecule has 0 heterocycles. The van der Waals surface area contributed by atoms with Crippen molar-refractivity contribution in [2.45, 2.75) is 6.92 Å². The minimum absolute atomic E-state index is 0.0463. The zero-order chi connectivity index (χ0) is 9.28. The predicted octanol–water partition coefficient (Wildman–Crippen LogP) is 1.68. The third-order valence-corrected chi connectivity index (χ3v) is 0.461. The summed E-state index contributed by atoms with van der Waals surface area (Å²) in [6, 6.07) is 4.95. The van der Waals surface area contributed by atoms with Crippen molar-refractivity contribution in [3.63, 3.8) is 0 Å². The molecule has 0 bridgehead atoms. The van der Waals surface area contributed by atoms with Gasteiger partial charge in [0.2, 0.25) is 0 Å². The normalized spacial score (nSPS) is 5.27. The lowest BCUT2D eigenvalue weighted by molar-refractivity contribution is 1.46. The SMILES string of the molecule is C=C(C#N)C#N.C=C(C)C#N. The molecule has 0 radical (unpaired) electrons. The lowest BCUT2D eigenvalue weighted by Crippen LogP contribution is -1.58. The molecule has 0 aliphatic carbocycles. The highest BCUT2D eigenvalue weighted by Gasteiger charge is 1.76. The van der Waals surface area contributed by atoms with Crippen LogP contribution < -0.4 is 0 Å². The molecule has 0 saturated heterocycles. The van der Waals surface area contributed by atoms with Crippen molar-refractivity contribution in [2.75, 3.05) is 0 Å². The third kappa shape index (κ3) is 18.0. The minimum Gasteiger partial charge on any atom is -0.193 e. The maximum absolute atomic E-state index is 7.79. The van der Waals surface area contributed by atoms with Gasteiger partial charge in [0.1, 0.15) is 17.7 Å². The molecule has 0 unspecified atom stereocenters. The number of nitriles is 3. The molecule has 54 valence electrons. The predicted molar refractivity (Wildman–Crippen MR) is 40.8 cm³/mol. The molecule has 0 atom stereocenters. The molecule has 0 rings (SSSR count). The van der Waals surface area contributed by atoms with Gasteiger partial charge in [-0.3, -0.25) is 0 Å². The Balaban J connectivity index is 0. The molecular formula is C8H7N3. The van der Waals surface area contributed by atoms with Gasteiger partial charge in [0.25, 0.3) is 0 Å². The van der Waals surface area contributed by atoms with Crippen LogP contribution >= 0.6 is 0 Å².